The summed E-state index contributed by atoms with van der Waals surface area (Å²) < 4.78 is 10.3. The first-order valence-electron chi connectivity index (χ1n) is 4.49. The maximum Gasteiger partial charge on any atom is 0.189 e. The summed E-state index contributed by atoms with van der Waals surface area (Å²) in [4.78, 5) is 8.50. The molecular weight excluding hydrogens is 230 g/mol. The van der Waals surface area contributed by atoms with Crippen LogP contribution >= 0.6 is 32.8 Å². The Bertz CT molecular complexity index is 112. The number of rotatable bonds is 7. The van der Waals surface area contributed by atoms with Crippen molar-refractivity contribution in [2.45, 2.75) is 45.4 Å². The van der Waals surface area contributed by atoms with Gasteiger partial charge in [-0.25, -0.2) is 0 Å². The van der Waals surface area contributed by atoms with Gasteiger partial charge in [0, 0.05) is 6.16 Å². The summed E-state index contributed by atoms with van der Waals surface area (Å²) in [5.74, 6) is 0. The number of unbranched alkanes of at least 4 members (excludes halogenated alkanes) is 5. The molecule has 0 fully saturated rings. The molecule has 1 N–H and O–H groups in total. The van der Waals surface area contributed by atoms with Crippen LogP contribution in [0.3, 0.4) is 0 Å². The van der Waals surface area contributed by atoms with Crippen molar-refractivity contribution in [1.82, 2.24) is 0 Å². The summed E-state index contributed by atoms with van der Waals surface area (Å²) in [5, 5.41) is 0. The largest absolute Gasteiger partial charge is 0.346 e. The van der Waals surface area contributed by atoms with Gasteiger partial charge in [-0.05, 0) is 6.42 Å². The van der Waals surface area contributed by atoms with Crippen LogP contribution in [-0.2, 0) is 4.57 Å². The zero-order valence-corrected chi connectivity index (χ0v) is 10.8. The van der Waals surface area contributed by atoms with Crippen molar-refractivity contribution < 1.29 is 9.46 Å². The van der Waals surface area contributed by atoms with Crippen LogP contribution in [0.2, 0.25) is 0 Å². The fourth-order valence-corrected chi connectivity index (χ4v) is 1.61. The van der Waals surface area contributed by atoms with Crippen molar-refractivity contribution in [3.8, 4) is 0 Å². The van der Waals surface area contributed by atoms with Gasteiger partial charge >= 0.3 is 0 Å². The quantitative estimate of drug-likeness (QED) is 0.553. The van der Waals surface area contributed by atoms with Crippen LogP contribution in [0.5, 0.6) is 0 Å². The van der Waals surface area contributed by atoms with E-state index in [1.165, 1.54) is 25.7 Å². The monoisotopic (exact) mass is 250 g/mol. The van der Waals surface area contributed by atoms with Gasteiger partial charge in [0.05, 0.1) is 0 Å². The molecule has 0 radical (unpaired) electrons. The minimum atomic E-state index is -2.18. The molecule has 0 rings (SSSR count). The third-order valence-corrected chi connectivity index (χ3v) is 2.53. The van der Waals surface area contributed by atoms with Crippen molar-refractivity contribution in [1.29, 1.82) is 0 Å². The second-order valence-corrected chi connectivity index (χ2v) is 4.20. The van der Waals surface area contributed by atoms with Crippen molar-refractivity contribution in [3.05, 3.63) is 0 Å². The molecule has 0 aromatic carbocycles. The van der Waals surface area contributed by atoms with E-state index in [1.807, 2.05) is 0 Å². The molecule has 0 spiro atoms. The zero-order chi connectivity index (χ0) is 8.53. The molecule has 1 unspecified atom stereocenters. The molecule has 0 aromatic heterocycles. The first kappa shape index (κ1) is 19.4. The third-order valence-electron chi connectivity index (χ3n) is 1.74. The highest BCUT2D eigenvalue weighted by molar-refractivity contribution is 7.37. The van der Waals surface area contributed by atoms with Crippen LogP contribution in [0.25, 0.3) is 0 Å². The van der Waals surface area contributed by atoms with Gasteiger partial charge in [-0.3, -0.25) is 4.57 Å². The highest BCUT2D eigenvalue weighted by Gasteiger charge is 1.92. The van der Waals surface area contributed by atoms with Crippen LogP contribution in [-0.4, -0.2) is 11.1 Å². The van der Waals surface area contributed by atoms with Crippen LogP contribution in [0.15, 0.2) is 0 Å². The Morgan fingerprint density at radius 2 is 1.46 bits per heavy atom. The molecule has 1 atom stereocenters. The average Bonchev–Trinajstić information content (AvgIpc) is 1.96. The maximum absolute atomic E-state index is 10.3. The molecular formula is C8H21Cl2O2P. The van der Waals surface area contributed by atoms with Crippen molar-refractivity contribution >= 4 is 32.8 Å². The second-order valence-electron chi connectivity index (χ2n) is 2.91. The summed E-state index contributed by atoms with van der Waals surface area (Å²) in [6.45, 7) is 2.19. The van der Waals surface area contributed by atoms with Gasteiger partial charge < -0.3 is 4.89 Å². The molecule has 0 heterocycles. The minimum absolute atomic E-state index is 0. The van der Waals surface area contributed by atoms with Crippen LogP contribution < -0.4 is 0 Å². The topological polar surface area (TPSA) is 37.3 Å². The normalized spacial score (nSPS) is 11.2. The van der Waals surface area contributed by atoms with E-state index in [9.17, 15) is 4.57 Å². The summed E-state index contributed by atoms with van der Waals surface area (Å²) in [6, 6.07) is 0. The lowest BCUT2D eigenvalue weighted by Crippen LogP contribution is -1.81. The first-order chi connectivity index (χ1) is 5.27. The Labute approximate surface area is 94.2 Å². The fraction of sp³-hybridized carbons (Fsp3) is 1.00. The number of hydrogen-bond acceptors (Lipinski definition) is 1. The molecule has 0 saturated carbocycles. The Morgan fingerprint density at radius 1 is 1.00 bits per heavy atom. The molecule has 0 aromatic rings. The lowest BCUT2D eigenvalue weighted by Gasteiger charge is -1.97. The maximum atomic E-state index is 10.3. The minimum Gasteiger partial charge on any atom is -0.346 e. The van der Waals surface area contributed by atoms with Crippen molar-refractivity contribution in [3.63, 3.8) is 0 Å². The van der Waals surface area contributed by atoms with Crippen molar-refractivity contribution in [2.75, 3.05) is 6.16 Å². The van der Waals surface area contributed by atoms with Gasteiger partial charge in [-0.2, -0.15) is 0 Å². The molecule has 0 aliphatic carbocycles. The predicted molar refractivity (Wildman–Crippen MR) is 64.0 cm³/mol. The van der Waals surface area contributed by atoms with Gasteiger partial charge in [0.15, 0.2) is 8.03 Å². The third kappa shape index (κ3) is 19.3. The molecule has 0 saturated heterocycles. The van der Waals surface area contributed by atoms with Crippen LogP contribution in [0.1, 0.15) is 45.4 Å². The smallest absolute Gasteiger partial charge is 0.189 e. The van der Waals surface area contributed by atoms with E-state index in [1.54, 1.807) is 0 Å². The van der Waals surface area contributed by atoms with Gasteiger partial charge in [-0.1, -0.05) is 39.0 Å². The van der Waals surface area contributed by atoms with E-state index in [0.29, 0.717) is 6.16 Å². The van der Waals surface area contributed by atoms with E-state index < -0.39 is 8.03 Å². The van der Waals surface area contributed by atoms with E-state index in [4.69, 9.17) is 4.89 Å². The molecule has 84 valence electrons. The SMILES string of the molecule is CCCCCCCC[PH](=O)O.Cl.Cl. The number of hydrogen-bond donors (Lipinski definition) is 1. The van der Waals surface area contributed by atoms with Gasteiger partial charge in [0.25, 0.3) is 0 Å². The molecule has 0 aliphatic heterocycles. The second kappa shape index (κ2) is 15.3. The first-order valence-corrected chi connectivity index (χ1v) is 6.05. The predicted octanol–water partition coefficient (Wildman–Crippen LogP) is 3.66. The average molecular weight is 251 g/mol. The van der Waals surface area contributed by atoms with Crippen molar-refractivity contribution in [2.24, 2.45) is 0 Å². The lowest BCUT2D eigenvalue weighted by molar-refractivity contribution is 0.498. The number of halogens is 2. The Hall–Kier alpha value is 0.770. The Morgan fingerprint density at radius 3 is 1.92 bits per heavy atom. The summed E-state index contributed by atoms with van der Waals surface area (Å²) in [5.41, 5.74) is 0. The molecule has 13 heavy (non-hydrogen) atoms. The highest BCUT2D eigenvalue weighted by atomic mass is 35.5. The van der Waals surface area contributed by atoms with Crippen LogP contribution in [0.4, 0.5) is 0 Å². The zero-order valence-electron chi connectivity index (χ0n) is 8.12. The summed E-state index contributed by atoms with van der Waals surface area (Å²) in [7, 11) is -2.18. The highest BCUT2D eigenvalue weighted by Crippen LogP contribution is 2.16. The summed E-state index contributed by atoms with van der Waals surface area (Å²) >= 11 is 0. The molecule has 2 nitrogen and oxygen atoms in total. The summed E-state index contributed by atoms with van der Waals surface area (Å²) in [6.07, 6.45) is 7.64. The van der Waals surface area contributed by atoms with Gasteiger partial charge in [0.2, 0.25) is 0 Å². The Kier molecular flexibility index (Phi) is 22.7. The van der Waals surface area contributed by atoms with E-state index in [2.05, 4.69) is 6.92 Å². The Balaban J connectivity index is -0.000000500. The van der Waals surface area contributed by atoms with E-state index in [-0.39, 0.29) is 24.8 Å². The molecule has 0 aliphatic rings. The van der Waals surface area contributed by atoms with Gasteiger partial charge in [0.1, 0.15) is 0 Å². The fourth-order valence-electron chi connectivity index (χ4n) is 1.06. The standard InChI is InChI=1S/C8H19O2P.2ClH/c1-2-3-4-5-6-7-8-11(9)10;;/h11H,2-8H2,1H3,(H,9,10);2*1H. The molecule has 0 amide bonds. The molecule has 5 heteroatoms. The van der Waals surface area contributed by atoms with Gasteiger partial charge in [-0.15, -0.1) is 24.8 Å². The molecule has 0 bridgehead atoms. The van der Waals surface area contributed by atoms with E-state index >= 15 is 0 Å². The van der Waals surface area contributed by atoms with Crippen LogP contribution in [0, 0.1) is 0 Å². The van der Waals surface area contributed by atoms with E-state index in [0.717, 1.165) is 12.8 Å². The lowest BCUT2D eigenvalue weighted by atomic mass is 10.1.